The topological polar surface area (TPSA) is 92.6 Å². The lowest BCUT2D eigenvalue weighted by Crippen LogP contribution is -2.42. The smallest absolute Gasteiger partial charge is 0.231 e. The van der Waals surface area contributed by atoms with Crippen molar-refractivity contribution in [2.45, 2.75) is 38.6 Å². The van der Waals surface area contributed by atoms with Gasteiger partial charge in [0.15, 0.2) is 5.96 Å². The molecule has 1 saturated heterocycles. The minimum Gasteiger partial charge on any atom is -0.370 e. The van der Waals surface area contributed by atoms with Crippen LogP contribution in [-0.4, -0.2) is 53.2 Å². The molecule has 0 radical (unpaired) electrons. The summed E-state index contributed by atoms with van der Waals surface area (Å²) in [5, 5.41) is 7.30. The molecule has 3 N–H and O–H groups in total. The first-order valence-electron chi connectivity index (χ1n) is 9.34. The number of likely N-dealkylation sites (tertiary alicyclic amines) is 1. The maximum atomic E-state index is 6.02. The summed E-state index contributed by atoms with van der Waals surface area (Å²) in [5.41, 5.74) is 6.96. The van der Waals surface area contributed by atoms with Crippen LogP contribution in [0.15, 0.2) is 39.8 Å². The molecular formula is C19H29IN6O. The number of halogens is 1. The molecule has 3 rings (SSSR count). The summed E-state index contributed by atoms with van der Waals surface area (Å²) in [5.74, 6) is 1.67. The number of guanidine groups is 1. The van der Waals surface area contributed by atoms with Gasteiger partial charge >= 0.3 is 0 Å². The number of hydrogen-bond acceptors (Lipinski definition) is 5. The highest BCUT2D eigenvalue weighted by Gasteiger charge is 2.22. The van der Waals surface area contributed by atoms with Crippen LogP contribution in [0.2, 0.25) is 0 Å². The minimum atomic E-state index is 0. The molecule has 0 saturated carbocycles. The van der Waals surface area contributed by atoms with Crippen LogP contribution in [0.1, 0.15) is 38.5 Å². The number of nitrogens with one attached hydrogen (secondary N) is 1. The van der Waals surface area contributed by atoms with Crippen molar-refractivity contribution in [3.05, 3.63) is 36.2 Å². The molecule has 2 unspecified atom stereocenters. The van der Waals surface area contributed by atoms with Gasteiger partial charge < -0.3 is 15.6 Å². The van der Waals surface area contributed by atoms with Gasteiger partial charge in [0.25, 0.3) is 0 Å². The summed E-state index contributed by atoms with van der Waals surface area (Å²) >= 11 is 0. The van der Waals surface area contributed by atoms with E-state index in [9.17, 15) is 0 Å². The zero-order valence-corrected chi connectivity index (χ0v) is 18.3. The first-order valence-corrected chi connectivity index (χ1v) is 9.34. The number of aromatic nitrogens is 2. The lowest BCUT2D eigenvalue weighted by Gasteiger charge is -2.23. The Morgan fingerprint density at radius 1 is 1.41 bits per heavy atom. The van der Waals surface area contributed by atoms with E-state index in [0.29, 0.717) is 30.3 Å². The van der Waals surface area contributed by atoms with Gasteiger partial charge in [0.2, 0.25) is 11.7 Å². The van der Waals surface area contributed by atoms with Gasteiger partial charge in [-0.2, -0.15) is 4.98 Å². The highest BCUT2D eigenvalue weighted by Crippen LogP contribution is 2.19. The number of likely N-dealkylation sites (N-methyl/N-ethyl adjacent to an activating group) is 1. The standard InChI is InChI=1S/C19H28N6O.HI/c1-3-25-11-7-10-16(25)13-22-19(20)21-12-14(2)18-23-17(24-26-18)15-8-5-4-6-9-15;/h4-6,8-9,14,16H,3,7,10-13H2,1-2H3,(H3,20,21,22);1H. The first kappa shape index (κ1) is 21.6. The Morgan fingerprint density at radius 2 is 2.19 bits per heavy atom. The molecule has 0 bridgehead atoms. The summed E-state index contributed by atoms with van der Waals surface area (Å²) in [6.07, 6.45) is 2.48. The molecule has 2 atom stereocenters. The van der Waals surface area contributed by atoms with E-state index in [1.807, 2.05) is 37.3 Å². The molecule has 1 aromatic heterocycles. The van der Waals surface area contributed by atoms with Crippen molar-refractivity contribution >= 4 is 29.9 Å². The SMILES string of the molecule is CCN1CCCC1CNC(N)=NCC(C)c1nc(-c2ccccc2)no1.I. The van der Waals surface area contributed by atoms with E-state index < -0.39 is 0 Å². The molecule has 7 nitrogen and oxygen atoms in total. The van der Waals surface area contributed by atoms with E-state index in [4.69, 9.17) is 10.3 Å². The Labute approximate surface area is 177 Å². The number of hydrogen-bond donors (Lipinski definition) is 2. The molecule has 0 aliphatic carbocycles. The molecule has 1 aliphatic heterocycles. The second-order valence-electron chi connectivity index (χ2n) is 6.75. The average Bonchev–Trinajstić information content (AvgIpc) is 3.34. The second kappa shape index (κ2) is 10.6. The van der Waals surface area contributed by atoms with Crippen LogP contribution in [0.3, 0.4) is 0 Å². The molecule has 0 spiro atoms. The molecule has 1 aromatic carbocycles. The normalized spacial score (nSPS) is 18.9. The molecule has 2 heterocycles. The van der Waals surface area contributed by atoms with Crippen LogP contribution in [-0.2, 0) is 0 Å². The molecule has 1 aliphatic rings. The Morgan fingerprint density at radius 3 is 2.93 bits per heavy atom. The van der Waals surface area contributed by atoms with Gasteiger partial charge in [-0.05, 0) is 25.9 Å². The molecule has 1 fully saturated rings. The zero-order valence-electron chi connectivity index (χ0n) is 16.0. The summed E-state index contributed by atoms with van der Waals surface area (Å²) in [6.45, 7) is 7.83. The first-order chi connectivity index (χ1) is 12.7. The maximum Gasteiger partial charge on any atom is 0.231 e. The highest BCUT2D eigenvalue weighted by molar-refractivity contribution is 14.0. The molecule has 0 amide bonds. The molecule has 2 aromatic rings. The average molecular weight is 484 g/mol. The lowest BCUT2D eigenvalue weighted by molar-refractivity contribution is 0.267. The number of rotatable bonds is 7. The third-order valence-electron chi connectivity index (χ3n) is 4.85. The van der Waals surface area contributed by atoms with E-state index in [1.165, 1.54) is 19.4 Å². The van der Waals surface area contributed by atoms with E-state index in [-0.39, 0.29) is 29.9 Å². The summed E-state index contributed by atoms with van der Waals surface area (Å²) < 4.78 is 5.38. The van der Waals surface area contributed by atoms with Crippen molar-refractivity contribution in [2.24, 2.45) is 10.7 Å². The Kier molecular flexibility index (Phi) is 8.49. The summed E-state index contributed by atoms with van der Waals surface area (Å²) in [4.78, 5) is 11.4. The van der Waals surface area contributed by atoms with Crippen LogP contribution >= 0.6 is 24.0 Å². The van der Waals surface area contributed by atoms with Gasteiger partial charge in [-0.1, -0.05) is 49.3 Å². The van der Waals surface area contributed by atoms with Gasteiger partial charge in [-0.25, -0.2) is 0 Å². The van der Waals surface area contributed by atoms with E-state index >= 15 is 0 Å². The van der Waals surface area contributed by atoms with Gasteiger partial charge in [0.05, 0.1) is 12.5 Å². The third-order valence-corrected chi connectivity index (χ3v) is 4.85. The Balaban J connectivity index is 0.00000261. The zero-order chi connectivity index (χ0) is 18.4. The predicted molar refractivity (Wildman–Crippen MR) is 118 cm³/mol. The molecular weight excluding hydrogens is 455 g/mol. The maximum absolute atomic E-state index is 6.02. The minimum absolute atomic E-state index is 0. The van der Waals surface area contributed by atoms with Crippen molar-refractivity contribution in [2.75, 3.05) is 26.2 Å². The predicted octanol–water partition coefficient (Wildman–Crippen LogP) is 2.85. The van der Waals surface area contributed by atoms with E-state index in [1.54, 1.807) is 0 Å². The monoisotopic (exact) mass is 484 g/mol. The van der Waals surface area contributed by atoms with Crippen LogP contribution < -0.4 is 11.1 Å². The van der Waals surface area contributed by atoms with Gasteiger partial charge in [0.1, 0.15) is 0 Å². The number of benzene rings is 1. The Bertz CT molecular complexity index is 720. The van der Waals surface area contributed by atoms with Crippen molar-refractivity contribution in [1.82, 2.24) is 20.4 Å². The fraction of sp³-hybridized carbons (Fsp3) is 0.526. The fourth-order valence-electron chi connectivity index (χ4n) is 3.27. The summed E-state index contributed by atoms with van der Waals surface area (Å²) in [6, 6.07) is 10.3. The summed E-state index contributed by atoms with van der Waals surface area (Å²) in [7, 11) is 0. The molecule has 27 heavy (non-hydrogen) atoms. The van der Waals surface area contributed by atoms with E-state index in [0.717, 1.165) is 18.7 Å². The quantitative estimate of drug-likeness (QED) is 0.357. The van der Waals surface area contributed by atoms with Crippen LogP contribution in [0.25, 0.3) is 11.4 Å². The fourth-order valence-corrected chi connectivity index (χ4v) is 3.27. The largest absolute Gasteiger partial charge is 0.370 e. The Hall–Kier alpha value is -1.68. The van der Waals surface area contributed by atoms with Crippen molar-refractivity contribution < 1.29 is 4.52 Å². The number of nitrogens with two attached hydrogens (primary N) is 1. The highest BCUT2D eigenvalue weighted by atomic mass is 127. The number of aliphatic imine (C=N–C) groups is 1. The van der Waals surface area contributed by atoms with Crippen molar-refractivity contribution in [3.63, 3.8) is 0 Å². The van der Waals surface area contributed by atoms with Gasteiger partial charge in [-0.15, -0.1) is 24.0 Å². The van der Waals surface area contributed by atoms with E-state index in [2.05, 4.69) is 32.3 Å². The van der Waals surface area contributed by atoms with Crippen LogP contribution in [0.4, 0.5) is 0 Å². The van der Waals surface area contributed by atoms with Crippen molar-refractivity contribution in [3.8, 4) is 11.4 Å². The van der Waals surface area contributed by atoms with Crippen LogP contribution in [0.5, 0.6) is 0 Å². The van der Waals surface area contributed by atoms with Gasteiger partial charge in [0, 0.05) is 18.2 Å². The number of nitrogens with zero attached hydrogens (tertiary/aromatic N) is 4. The van der Waals surface area contributed by atoms with Crippen LogP contribution in [0, 0.1) is 0 Å². The third kappa shape index (κ3) is 5.90. The van der Waals surface area contributed by atoms with Gasteiger partial charge in [-0.3, -0.25) is 9.89 Å². The second-order valence-corrected chi connectivity index (χ2v) is 6.75. The van der Waals surface area contributed by atoms with Crippen molar-refractivity contribution in [1.29, 1.82) is 0 Å². The molecule has 148 valence electrons. The molecule has 8 heteroatoms. The lowest BCUT2D eigenvalue weighted by atomic mass is 10.2.